The molecule has 14 heavy (non-hydrogen) atoms. The first-order chi connectivity index (χ1) is 6.40. The van der Waals surface area contributed by atoms with Crippen LogP contribution in [0.1, 0.15) is 33.1 Å². The van der Waals surface area contributed by atoms with Crippen molar-refractivity contribution in [1.82, 2.24) is 0 Å². The van der Waals surface area contributed by atoms with Crippen molar-refractivity contribution in [3.8, 4) is 0 Å². The normalized spacial score (nSPS) is 37.0. The minimum atomic E-state index is -0.875. The molecule has 1 aliphatic carbocycles. The maximum atomic E-state index is 11.0. The second-order valence-electron chi connectivity index (χ2n) is 4.39. The lowest BCUT2D eigenvalue weighted by atomic mass is 9.87. The van der Waals surface area contributed by atoms with E-state index in [9.17, 15) is 9.59 Å². The van der Waals surface area contributed by atoms with Gasteiger partial charge in [-0.1, -0.05) is 13.3 Å². The minimum Gasteiger partial charge on any atom is -0.481 e. The van der Waals surface area contributed by atoms with E-state index in [0.29, 0.717) is 6.42 Å². The van der Waals surface area contributed by atoms with Crippen LogP contribution in [0.4, 0.5) is 0 Å². The summed E-state index contributed by atoms with van der Waals surface area (Å²) in [7, 11) is 0. The number of carbonyl (C=O) groups is 2. The van der Waals surface area contributed by atoms with Gasteiger partial charge < -0.3 is 10.2 Å². The molecule has 0 bridgehead atoms. The first kappa shape index (κ1) is 11.0. The van der Waals surface area contributed by atoms with Crippen LogP contribution in [-0.2, 0) is 9.59 Å². The summed E-state index contributed by atoms with van der Waals surface area (Å²) in [6, 6.07) is 0. The molecule has 0 aromatic heterocycles. The average molecular weight is 200 g/mol. The molecule has 4 nitrogen and oxygen atoms in total. The highest BCUT2D eigenvalue weighted by Crippen LogP contribution is 2.46. The Morgan fingerprint density at radius 3 is 2.21 bits per heavy atom. The molecule has 0 aliphatic heterocycles. The second-order valence-corrected chi connectivity index (χ2v) is 4.39. The van der Waals surface area contributed by atoms with E-state index in [0.717, 1.165) is 6.42 Å². The van der Waals surface area contributed by atoms with Gasteiger partial charge in [0.05, 0.1) is 11.3 Å². The van der Waals surface area contributed by atoms with Gasteiger partial charge in [0, 0.05) is 0 Å². The molecule has 0 aromatic rings. The van der Waals surface area contributed by atoms with E-state index in [1.54, 1.807) is 6.92 Å². The fourth-order valence-electron chi connectivity index (χ4n) is 2.35. The maximum absolute atomic E-state index is 11.0. The first-order valence-electron chi connectivity index (χ1n) is 4.87. The van der Waals surface area contributed by atoms with Crippen LogP contribution < -0.4 is 0 Å². The third-order valence-corrected chi connectivity index (χ3v) is 3.31. The highest BCUT2D eigenvalue weighted by molar-refractivity contribution is 5.78. The Bertz CT molecular complexity index is 261. The van der Waals surface area contributed by atoms with Crippen LogP contribution in [0.3, 0.4) is 0 Å². The smallest absolute Gasteiger partial charge is 0.309 e. The standard InChI is InChI=1S/C10H16O4/c1-3-6-4-10(2,9(13)14)5-7(6)8(11)12/h6-7H,3-5H2,1-2H3,(H,11,12)(H,13,14). The van der Waals surface area contributed by atoms with Crippen LogP contribution in [-0.4, -0.2) is 22.2 Å². The predicted molar refractivity (Wildman–Crippen MR) is 49.9 cm³/mol. The van der Waals surface area contributed by atoms with Gasteiger partial charge in [0.1, 0.15) is 0 Å². The molecule has 0 radical (unpaired) electrons. The van der Waals surface area contributed by atoms with Gasteiger partial charge in [0.15, 0.2) is 0 Å². The van der Waals surface area contributed by atoms with Crippen molar-refractivity contribution < 1.29 is 19.8 Å². The molecule has 0 aromatic carbocycles. The van der Waals surface area contributed by atoms with Crippen LogP contribution in [0, 0.1) is 17.3 Å². The molecular formula is C10H16O4. The van der Waals surface area contributed by atoms with Crippen molar-refractivity contribution in [3.63, 3.8) is 0 Å². The topological polar surface area (TPSA) is 74.6 Å². The van der Waals surface area contributed by atoms with E-state index in [2.05, 4.69) is 0 Å². The van der Waals surface area contributed by atoms with Crippen molar-refractivity contribution >= 4 is 11.9 Å². The van der Waals surface area contributed by atoms with Crippen molar-refractivity contribution in [2.75, 3.05) is 0 Å². The molecule has 0 heterocycles. The van der Waals surface area contributed by atoms with Crippen molar-refractivity contribution in [1.29, 1.82) is 0 Å². The lowest BCUT2D eigenvalue weighted by molar-refractivity contribution is -0.148. The minimum absolute atomic E-state index is 0.00796. The fourth-order valence-corrected chi connectivity index (χ4v) is 2.35. The summed E-state index contributed by atoms with van der Waals surface area (Å²) >= 11 is 0. The SMILES string of the molecule is CCC1CC(C)(C(=O)O)CC1C(=O)O. The maximum Gasteiger partial charge on any atom is 0.309 e. The van der Waals surface area contributed by atoms with Crippen molar-refractivity contribution in [3.05, 3.63) is 0 Å². The summed E-state index contributed by atoms with van der Waals surface area (Å²) in [4.78, 5) is 21.8. The Labute approximate surface area is 82.9 Å². The summed E-state index contributed by atoms with van der Waals surface area (Å²) < 4.78 is 0. The molecule has 0 saturated heterocycles. The lowest BCUT2D eigenvalue weighted by Crippen LogP contribution is -2.25. The monoisotopic (exact) mass is 200 g/mol. The van der Waals surface area contributed by atoms with E-state index in [1.807, 2.05) is 6.92 Å². The van der Waals surface area contributed by atoms with E-state index < -0.39 is 23.3 Å². The van der Waals surface area contributed by atoms with Gasteiger partial charge in [-0.15, -0.1) is 0 Å². The fraction of sp³-hybridized carbons (Fsp3) is 0.800. The van der Waals surface area contributed by atoms with E-state index in [-0.39, 0.29) is 12.3 Å². The third kappa shape index (κ3) is 1.74. The quantitative estimate of drug-likeness (QED) is 0.725. The number of rotatable bonds is 3. The molecule has 2 N–H and O–H groups in total. The van der Waals surface area contributed by atoms with Crippen molar-refractivity contribution in [2.24, 2.45) is 17.3 Å². The largest absolute Gasteiger partial charge is 0.481 e. The number of aliphatic carboxylic acids is 2. The Balaban J connectivity index is 2.84. The lowest BCUT2D eigenvalue weighted by Gasteiger charge is -2.17. The first-order valence-corrected chi connectivity index (χ1v) is 4.87. The van der Waals surface area contributed by atoms with Gasteiger partial charge in [-0.05, 0) is 25.7 Å². The summed E-state index contributed by atoms with van der Waals surface area (Å²) in [6.07, 6.45) is 1.48. The molecule has 80 valence electrons. The summed E-state index contributed by atoms with van der Waals surface area (Å²) in [5.74, 6) is -2.21. The van der Waals surface area contributed by atoms with Gasteiger partial charge in [-0.2, -0.15) is 0 Å². The molecule has 0 amide bonds. The zero-order valence-electron chi connectivity index (χ0n) is 8.49. The van der Waals surface area contributed by atoms with Crippen LogP contribution in [0.2, 0.25) is 0 Å². The van der Waals surface area contributed by atoms with Crippen LogP contribution in [0.25, 0.3) is 0 Å². The van der Waals surface area contributed by atoms with Gasteiger partial charge in [-0.3, -0.25) is 9.59 Å². The van der Waals surface area contributed by atoms with E-state index in [1.165, 1.54) is 0 Å². The Kier molecular flexibility index (Phi) is 2.83. The van der Waals surface area contributed by atoms with Gasteiger partial charge in [0.2, 0.25) is 0 Å². The van der Waals surface area contributed by atoms with Gasteiger partial charge >= 0.3 is 11.9 Å². The van der Waals surface area contributed by atoms with E-state index >= 15 is 0 Å². The highest BCUT2D eigenvalue weighted by Gasteiger charge is 2.48. The number of carboxylic acid groups (broad SMARTS) is 2. The Morgan fingerprint density at radius 2 is 1.93 bits per heavy atom. The van der Waals surface area contributed by atoms with Crippen LogP contribution >= 0.6 is 0 Å². The molecular weight excluding hydrogens is 184 g/mol. The molecule has 1 saturated carbocycles. The molecule has 1 fully saturated rings. The number of carboxylic acids is 2. The number of hydrogen-bond acceptors (Lipinski definition) is 2. The third-order valence-electron chi connectivity index (χ3n) is 3.31. The van der Waals surface area contributed by atoms with Crippen molar-refractivity contribution in [2.45, 2.75) is 33.1 Å². The summed E-state index contributed by atoms with van der Waals surface area (Å²) in [6.45, 7) is 3.55. The van der Waals surface area contributed by atoms with Crippen LogP contribution in [0.5, 0.6) is 0 Å². The Hall–Kier alpha value is -1.06. The molecule has 3 atom stereocenters. The molecule has 3 unspecified atom stereocenters. The Morgan fingerprint density at radius 1 is 1.36 bits per heavy atom. The summed E-state index contributed by atoms with van der Waals surface area (Å²) in [5, 5.41) is 17.9. The molecule has 0 spiro atoms. The zero-order valence-corrected chi connectivity index (χ0v) is 8.49. The average Bonchev–Trinajstić information content (AvgIpc) is 2.44. The number of hydrogen-bond donors (Lipinski definition) is 2. The summed E-state index contributed by atoms with van der Waals surface area (Å²) in [5.41, 5.74) is -0.844. The second kappa shape index (κ2) is 3.59. The van der Waals surface area contributed by atoms with E-state index in [4.69, 9.17) is 10.2 Å². The highest BCUT2D eigenvalue weighted by atomic mass is 16.4. The molecule has 1 aliphatic rings. The molecule has 4 heteroatoms. The van der Waals surface area contributed by atoms with Crippen LogP contribution in [0.15, 0.2) is 0 Å². The molecule has 1 rings (SSSR count). The zero-order chi connectivity index (χ0) is 10.9. The van der Waals surface area contributed by atoms with Gasteiger partial charge in [0.25, 0.3) is 0 Å². The van der Waals surface area contributed by atoms with Gasteiger partial charge in [-0.25, -0.2) is 0 Å². The predicted octanol–water partition coefficient (Wildman–Crippen LogP) is 1.60.